The number of rotatable bonds is 1. The van der Waals surface area contributed by atoms with Crippen LogP contribution in [0, 0.1) is 13.8 Å². The minimum Gasteiger partial charge on any atom is -0.392 e. The van der Waals surface area contributed by atoms with Crippen LogP contribution in [0.25, 0.3) is 0 Å². The van der Waals surface area contributed by atoms with E-state index in [1.54, 1.807) is 6.07 Å². The Morgan fingerprint density at radius 1 is 1.55 bits per heavy atom. The van der Waals surface area contributed by atoms with Crippen LogP contribution in [-0.2, 0) is 6.61 Å². The first-order valence-corrected chi connectivity index (χ1v) is 3.76. The topological polar surface area (TPSA) is 33.1 Å². The van der Waals surface area contributed by atoms with Crippen LogP contribution in [-0.4, -0.2) is 10.1 Å². The van der Waals surface area contributed by atoms with E-state index >= 15 is 0 Å². The van der Waals surface area contributed by atoms with Gasteiger partial charge in [0.2, 0.25) is 0 Å². The van der Waals surface area contributed by atoms with Crippen molar-refractivity contribution in [3.05, 3.63) is 28.0 Å². The average Bonchev–Trinajstić information content (AvgIpc) is 1.85. The molecule has 1 heterocycles. The molecule has 0 radical (unpaired) electrons. The quantitative estimate of drug-likeness (QED) is 0.700. The molecule has 1 aromatic heterocycles. The molecule has 0 aromatic carbocycles. The van der Waals surface area contributed by atoms with Gasteiger partial charge >= 0.3 is 0 Å². The van der Waals surface area contributed by atoms with Crippen molar-refractivity contribution in [3.63, 3.8) is 0 Å². The van der Waals surface area contributed by atoms with Crippen molar-refractivity contribution in [1.29, 1.82) is 0 Å². The molecule has 1 aromatic rings. The van der Waals surface area contributed by atoms with Crippen LogP contribution in [0.5, 0.6) is 0 Å². The van der Waals surface area contributed by atoms with Gasteiger partial charge in [-0.25, -0.2) is 0 Å². The van der Waals surface area contributed by atoms with E-state index < -0.39 is 0 Å². The Bertz CT molecular complexity index is 250. The van der Waals surface area contributed by atoms with E-state index in [0.29, 0.717) is 5.02 Å². The normalized spacial score (nSPS) is 10.2. The molecule has 0 bridgehead atoms. The van der Waals surface area contributed by atoms with E-state index in [2.05, 4.69) is 4.98 Å². The second kappa shape index (κ2) is 3.20. The van der Waals surface area contributed by atoms with Gasteiger partial charge in [-0.1, -0.05) is 11.6 Å². The highest BCUT2D eigenvalue weighted by atomic mass is 35.5. The highest BCUT2D eigenvalue weighted by molar-refractivity contribution is 6.31. The van der Waals surface area contributed by atoms with Crippen molar-refractivity contribution in [2.24, 2.45) is 0 Å². The Hall–Kier alpha value is -0.600. The summed E-state index contributed by atoms with van der Waals surface area (Å²) in [5.74, 6) is 0. The number of hydrogen-bond donors (Lipinski definition) is 1. The summed E-state index contributed by atoms with van der Waals surface area (Å²) in [5.41, 5.74) is 2.40. The Kier molecular flexibility index (Phi) is 2.47. The Morgan fingerprint density at radius 3 is 2.64 bits per heavy atom. The maximum absolute atomic E-state index is 8.87. The van der Waals surface area contributed by atoms with Gasteiger partial charge in [-0.15, -0.1) is 0 Å². The molecule has 1 N–H and O–H groups in total. The van der Waals surface area contributed by atoms with Crippen molar-refractivity contribution >= 4 is 11.6 Å². The van der Waals surface area contributed by atoms with E-state index in [9.17, 15) is 0 Å². The molecule has 0 amide bonds. The fourth-order valence-electron chi connectivity index (χ4n) is 0.998. The Labute approximate surface area is 70.8 Å². The van der Waals surface area contributed by atoms with Crippen molar-refractivity contribution in [1.82, 2.24) is 4.98 Å². The minimum atomic E-state index is -0.0437. The van der Waals surface area contributed by atoms with Crippen LogP contribution in [0.1, 0.15) is 17.0 Å². The molecule has 0 saturated heterocycles. The number of aliphatic hydroxyl groups is 1. The number of hydrogen-bond acceptors (Lipinski definition) is 2. The van der Waals surface area contributed by atoms with Crippen molar-refractivity contribution < 1.29 is 5.11 Å². The van der Waals surface area contributed by atoms with Crippen LogP contribution in [0.4, 0.5) is 0 Å². The molecule has 0 saturated carbocycles. The van der Waals surface area contributed by atoms with E-state index in [0.717, 1.165) is 17.0 Å². The molecule has 11 heavy (non-hydrogen) atoms. The van der Waals surface area contributed by atoms with Gasteiger partial charge in [-0.2, -0.15) is 0 Å². The first-order chi connectivity index (χ1) is 5.15. The lowest BCUT2D eigenvalue weighted by atomic mass is 10.2. The molecule has 3 heteroatoms. The van der Waals surface area contributed by atoms with Gasteiger partial charge in [0.15, 0.2) is 0 Å². The summed E-state index contributed by atoms with van der Waals surface area (Å²) < 4.78 is 0. The first-order valence-electron chi connectivity index (χ1n) is 3.38. The molecular formula is C8H10ClNO. The van der Waals surface area contributed by atoms with Crippen LogP contribution >= 0.6 is 11.6 Å². The van der Waals surface area contributed by atoms with E-state index in [1.165, 1.54) is 0 Å². The third kappa shape index (κ3) is 1.70. The van der Waals surface area contributed by atoms with Gasteiger partial charge in [-0.3, -0.25) is 4.98 Å². The van der Waals surface area contributed by atoms with Crippen LogP contribution < -0.4 is 0 Å². The standard InChI is InChI=1S/C8H10ClNO/c1-5-3-8(9)7(4-11)6(2)10-5/h3,11H,4H2,1-2H3. The van der Waals surface area contributed by atoms with E-state index in [1.807, 2.05) is 13.8 Å². The molecule has 0 atom stereocenters. The number of aromatic nitrogens is 1. The second-order valence-electron chi connectivity index (χ2n) is 2.47. The number of aliphatic hydroxyl groups excluding tert-OH is 1. The molecule has 0 spiro atoms. The number of pyridine rings is 1. The van der Waals surface area contributed by atoms with Gasteiger partial charge < -0.3 is 5.11 Å². The van der Waals surface area contributed by atoms with Gasteiger partial charge in [0.1, 0.15) is 0 Å². The SMILES string of the molecule is Cc1cc(Cl)c(CO)c(C)n1. The molecule has 60 valence electrons. The highest BCUT2D eigenvalue weighted by Crippen LogP contribution is 2.18. The third-order valence-electron chi connectivity index (χ3n) is 1.56. The van der Waals surface area contributed by atoms with Gasteiger partial charge in [0.05, 0.1) is 6.61 Å². The summed E-state index contributed by atoms with van der Waals surface area (Å²) in [6.07, 6.45) is 0. The van der Waals surface area contributed by atoms with Crippen LogP contribution in [0.15, 0.2) is 6.07 Å². The maximum Gasteiger partial charge on any atom is 0.0714 e. The zero-order chi connectivity index (χ0) is 8.43. The van der Waals surface area contributed by atoms with Gasteiger partial charge in [0.25, 0.3) is 0 Å². The zero-order valence-corrected chi connectivity index (χ0v) is 7.31. The monoisotopic (exact) mass is 171 g/mol. The number of halogens is 1. The summed E-state index contributed by atoms with van der Waals surface area (Å²) in [4.78, 5) is 4.16. The van der Waals surface area contributed by atoms with E-state index in [4.69, 9.17) is 16.7 Å². The molecule has 1 rings (SSSR count). The van der Waals surface area contributed by atoms with E-state index in [-0.39, 0.29) is 6.61 Å². The fraction of sp³-hybridized carbons (Fsp3) is 0.375. The van der Waals surface area contributed by atoms with Crippen molar-refractivity contribution in [2.45, 2.75) is 20.5 Å². The summed E-state index contributed by atoms with van der Waals surface area (Å²) in [6.45, 7) is 3.67. The summed E-state index contributed by atoms with van der Waals surface area (Å²) >= 11 is 5.83. The second-order valence-corrected chi connectivity index (χ2v) is 2.87. The highest BCUT2D eigenvalue weighted by Gasteiger charge is 2.03. The molecule has 0 aliphatic heterocycles. The third-order valence-corrected chi connectivity index (χ3v) is 1.90. The maximum atomic E-state index is 8.87. The first kappa shape index (κ1) is 8.50. The van der Waals surface area contributed by atoms with Crippen LogP contribution in [0.2, 0.25) is 5.02 Å². The smallest absolute Gasteiger partial charge is 0.0714 e. The Morgan fingerprint density at radius 2 is 2.18 bits per heavy atom. The molecule has 0 fully saturated rings. The summed E-state index contributed by atoms with van der Waals surface area (Å²) in [5, 5.41) is 9.46. The van der Waals surface area contributed by atoms with Gasteiger partial charge in [-0.05, 0) is 19.9 Å². The fourth-order valence-corrected chi connectivity index (χ4v) is 1.35. The molecule has 0 aliphatic rings. The largest absolute Gasteiger partial charge is 0.392 e. The molecule has 0 aliphatic carbocycles. The minimum absolute atomic E-state index is 0.0437. The molecular weight excluding hydrogens is 162 g/mol. The lowest BCUT2D eigenvalue weighted by Gasteiger charge is -2.04. The molecule has 2 nitrogen and oxygen atoms in total. The lowest BCUT2D eigenvalue weighted by molar-refractivity contribution is 0.280. The molecule has 0 unspecified atom stereocenters. The Balaban J connectivity index is 3.25. The number of nitrogens with zero attached hydrogens (tertiary/aromatic N) is 1. The predicted octanol–water partition coefficient (Wildman–Crippen LogP) is 1.84. The van der Waals surface area contributed by atoms with Gasteiger partial charge in [0, 0.05) is 22.0 Å². The number of aryl methyl sites for hydroxylation is 2. The van der Waals surface area contributed by atoms with Crippen molar-refractivity contribution in [3.8, 4) is 0 Å². The summed E-state index contributed by atoms with van der Waals surface area (Å²) in [6, 6.07) is 1.75. The van der Waals surface area contributed by atoms with Crippen molar-refractivity contribution in [2.75, 3.05) is 0 Å². The predicted molar refractivity (Wildman–Crippen MR) is 44.6 cm³/mol. The average molecular weight is 172 g/mol. The summed E-state index contributed by atoms with van der Waals surface area (Å²) in [7, 11) is 0. The van der Waals surface area contributed by atoms with Crippen LogP contribution in [0.3, 0.4) is 0 Å². The lowest BCUT2D eigenvalue weighted by Crippen LogP contribution is -1.95. The zero-order valence-electron chi connectivity index (χ0n) is 6.56.